The first-order chi connectivity index (χ1) is 14.5. The maximum atomic E-state index is 12.6. The van der Waals surface area contributed by atoms with E-state index in [0.717, 1.165) is 33.9 Å². The third kappa shape index (κ3) is 4.03. The fraction of sp³-hybridized carbons (Fsp3) is 0.154. The number of carbonyl (C=O) groups is 1. The van der Waals surface area contributed by atoms with Crippen LogP contribution in [0, 0.1) is 20.8 Å². The van der Waals surface area contributed by atoms with Crippen molar-refractivity contribution in [1.82, 2.24) is 14.9 Å². The van der Waals surface area contributed by atoms with Crippen molar-refractivity contribution in [2.45, 2.75) is 27.3 Å². The lowest BCUT2D eigenvalue weighted by Crippen LogP contribution is -2.22. The molecule has 0 atom stereocenters. The standard InChI is InChI=1S/C26H25N3O/c1-18-6-4-7-21(16-18)17-28-26(30)23-13-11-22(12-14-23)25-24(8-5-15-27-25)29-19(2)9-10-20(29)3/h4-16H,17H2,1-3H3,(H,28,30). The zero-order valence-electron chi connectivity index (χ0n) is 17.5. The average molecular weight is 396 g/mol. The predicted molar refractivity (Wildman–Crippen MR) is 121 cm³/mol. The van der Waals surface area contributed by atoms with Crippen molar-refractivity contribution >= 4 is 5.91 Å². The van der Waals surface area contributed by atoms with Gasteiger partial charge in [0, 0.05) is 35.3 Å². The molecule has 0 saturated heterocycles. The Bertz CT molecular complexity index is 1170. The molecule has 2 heterocycles. The van der Waals surface area contributed by atoms with Gasteiger partial charge >= 0.3 is 0 Å². The van der Waals surface area contributed by atoms with E-state index in [1.807, 2.05) is 55.5 Å². The molecule has 0 spiro atoms. The van der Waals surface area contributed by atoms with Crippen LogP contribution >= 0.6 is 0 Å². The van der Waals surface area contributed by atoms with Crippen LogP contribution in [0.2, 0.25) is 0 Å². The van der Waals surface area contributed by atoms with Gasteiger partial charge in [-0.3, -0.25) is 9.78 Å². The van der Waals surface area contributed by atoms with E-state index in [9.17, 15) is 4.79 Å². The molecule has 0 aliphatic rings. The van der Waals surface area contributed by atoms with Gasteiger partial charge in [-0.1, -0.05) is 42.0 Å². The Morgan fingerprint density at radius 2 is 1.63 bits per heavy atom. The Hall–Kier alpha value is -3.66. The topological polar surface area (TPSA) is 46.9 Å². The summed E-state index contributed by atoms with van der Waals surface area (Å²) in [5, 5.41) is 2.99. The smallest absolute Gasteiger partial charge is 0.251 e. The molecule has 1 amide bonds. The fourth-order valence-electron chi connectivity index (χ4n) is 3.73. The molecular weight excluding hydrogens is 370 g/mol. The van der Waals surface area contributed by atoms with Gasteiger partial charge in [-0.25, -0.2) is 0 Å². The van der Waals surface area contributed by atoms with Gasteiger partial charge in [0.25, 0.3) is 5.91 Å². The van der Waals surface area contributed by atoms with E-state index in [2.05, 4.69) is 53.0 Å². The molecule has 4 rings (SSSR count). The molecule has 0 radical (unpaired) electrons. The molecule has 1 N–H and O–H groups in total. The summed E-state index contributed by atoms with van der Waals surface area (Å²) >= 11 is 0. The minimum Gasteiger partial charge on any atom is -0.348 e. The van der Waals surface area contributed by atoms with Crippen LogP contribution in [-0.2, 0) is 6.54 Å². The highest BCUT2D eigenvalue weighted by Crippen LogP contribution is 2.27. The molecule has 0 saturated carbocycles. The monoisotopic (exact) mass is 395 g/mol. The molecule has 4 heteroatoms. The van der Waals surface area contributed by atoms with E-state index in [4.69, 9.17) is 0 Å². The van der Waals surface area contributed by atoms with Crippen molar-refractivity contribution < 1.29 is 4.79 Å². The number of hydrogen-bond acceptors (Lipinski definition) is 2. The first kappa shape index (κ1) is 19.6. The Labute approximate surface area is 177 Å². The Kier molecular flexibility index (Phi) is 5.48. The molecule has 0 aliphatic carbocycles. The Balaban J connectivity index is 1.55. The SMILES string of the molecule is Cc1cccc(CNC(=O)c2ccc(-c3ncccc3-n3c(C)ccc3C)cc2)c1. The second kappa shape index (κ2) is 8.37. The van der Waals surface area contributed by atoms with Gasteiger partial charge in [0.1, 0.15) is 0 Å². The predicted octanol–water partition coefficient (Wildman–Crippen LogP) is 5.39. The van der Waals surface area contributed by atoms with E-state index in [1.165, 1.54) is 5.56 Å². The number of benzene rings is 2. The number of aromatic nitrogens is 2. The van der Waals surface area contributed by atoms with E-state index >= 15 is 0 Å². The second-order valence-corrected chi connectivity index (χ2v) is 7.57. The van der Waals surface area contributed by atoms with Gasteiger partial charge in [-0.15, -0.1) is 0 Å². The largest absolute Gasteiger partial charge is 0.348 e. The summed E-state index contributed by atoms with van der Waals surface area (Å²) in [4.78, 5) is 17.2. The van der Waals surface area contributed by atoms with Crippen LogP contribution in [0.5, 0.6) is 0 Å². The van der Waals surface area contributed by atoms with Crippen LogP contribution in [0.3, 0.4) is 0 Å². The minimum atomic E-state index is -0.0820. The number of nitrogens with one attached hydrogen (secondary N) is 1. The second-order valence-electron chi connectivity index (χ2n) is 7.57. The molecule has 4 nitrogen and oxygen atoms in total. The van der Waals surface area contributed by atoms with Crippen molar-refractivity contribution in [3.8, 4) is 16.9 Å². The molecule has 0 bridgehead atoms. The lowest BCUT2D eigenvalue weighted by molar-refractivity contribution is 0.0951. The molecule has 30 heavy (non-hydrogen) atoms. The van der Waals surface area contributed by atoms with Gasteiger partial charge < -0.3 is 9.88 Å². The Morgan fingerprint density at radius 1 is 0.900 bits per heavy atom. The number of aryl methyl sites for hydroxylation is 3. The van der Waals surface area contributed by atoms with E-state index in [0.29, 0.717) is 12.1 Å². The normalized spacial score (nSPS) is 10.8. The van der Waals surface area contributed by atoms with Gasteiger partial charge in [-0.05, 0) is 62.7 Å². The molecule has 2 aromatic heterocycles. The minimum absolute atomic E-state index is 0.0820. The molecule has 0 fully saturated rings. The number of nitrogens with zero attached hydrogens (tertiary/aromatic N) is 2. The van der Waals surface area contributed by atoms with Crippen LogP contribution in [0.4, 0.5) is 0 Å². The van der Waals surface area contributed by atoms with Gasteiger partial charge in [0.05, 0.1) is 11.4 Å². The van der Waals surface area contributed by atoms with Crippen molar-refractivity contribution in [2.75, 3.05) is 0 Å². The third-order valence-corrected chi connectivity index (χ3v) is 5.25. The van der Waals surface area contributed by atoms with Crippen molar-refractivity contribution in [3.63, 3.8) is 0 Å². The zero-order valence-corrected chi connectivity index (χ0v) is 17.5. The lowest BCUT2D eigenvalue weighted by atomic mass is 10.1. The van der Waals surface area contributed by atoms with Crippen LogP contribution < -0.4 is 5.32 Å². The summed E-state index contributed by atoms with van der Waals surface area (Å²) in [7, 11) is 0. The number of hydrogen-bond donors (Lipinski definition) is 1. The first-order valence-corrected chi connectivity index (χ1v) is 10.1. The quantitative estimate of drug-likeness (QED) is 0.492. The van der Waals surface area contributed by atoms with E-state index in [-0.39, 0.29) is 5.91 Å². The molecule has 0 unspecified atom stereocenters. The molecule has 2 aromatic carbocycles. The summed E-state index contributed by atoms with van der Waals surface area (Å²) in [5.41, 5.74) is 8.15. The van der Waals surface area contributed by atoms with Gasteiger partial charge in [-0.2, -0.15) is 0 Å². The maximum absolute atomic E-state index is 12.6. The van der Waals surface area contributed by atoms with E-state index in [1.54, 1.807) is 6.20 Å². The van der Waals surface area contributed by atoms with Crippen LogP contribution in [0.1, 0.15) is 32.9 Å². The number of carbonyl (C=O) groups excluding carboxylic acids is 1. The van der Waals surface area contributed by atoms with Crippen molar-refractivity contribution in [1.29, 1.82) is 0 Å². The number of pyridine rings is 1. The third-order valence-electron chi connectivity index (χ3n) is 5.25. The fourth-order valence-corrected chi connectivity index (χ4v) is 3.73. The summed E-state index contributed by atoms with van der Waals surface area (Å²) in [6.07, 6.45) is 1.80. The van der Waals surface area contributed by atoms with Gasteiger partial charge in [0.15, 0.2) is 0 Å². The van der Waals surface area contributed by atoms with Crippen molar-refractivity contribution in [2.24, 2.45) is 0 Å². The van der Waals surface area contributed by atoms with Crippen LogP contribution in [0.25, 0.3) is 16.9 Å². The van der Waals surface area contributed by atoms with Crippen LogP contribution in [-0.4, -0.2) is 15.5 Å². The highest BCUT2D eigenvalue weighted by Gasteiger charge is 2.13. The van der Waals surface area contributed by atoms with Crippen molar-refractivity contribution in [3.05, 3.63) is 107 Å². The van der Waals surface area contributed by atoms with Gasteiger partial charge in [0.2, 0.25) is 0 Å². The summed E-state index contributed by atoms with van der Waals surface area (Å²) in [5.74, 6) is -0.0820. The summed E-state index contributed by atoms with van der Waals surface area (Å²) < 4.78 is 2.20. The van der Waals surface area contributed by atoms with Crippen LogP contribution in [0.15, 0.2) is 79.0 Å². The first-order valence-electron chi connectivity index (χ1n) is 10.1. The summed E-state index contributed by atoms with van der Waals surface area (Å²) in [6.45, 7) is 6.74. The Morgan fingerprint density at radius 3 is 2.33 bits per heavy atom. The molecule has 150 valence electrons. The average Bonchev–Trinajstić information content (AvgIpc) is 3.10. The highest BCUT2D eigenvalue weighted by atomic mass is 16.1. The summed E-state index contributed by atoms with van der Waals surface area (Å²) in [6, 6.07) is 24.0. The highest BCUT2D eigenvalue weighted by molar-refractivity contribution is 5.94. The lowest BCUT2D eigenvalue weighted by Gasteiger charge is -2.14. The number of rotatable bonds is 5. The molecule has 0 aliphatic heterocycles. The van der Waals surface area contributed by atoms with E-state index < -0.39 is 0 Å². The molecular formula is C26H25N3O. The maximum Gasteiger partial charge on any atom is 0.251 e. The zero-order chi connectivity index (χ0) is 21.1. The molecule has 4 aromatic rings. The number of amides is 1.